The second-order valence-corrected chi connectivity index (χ2v) is 9.27. The lowest BCUT2D eigenvalue weighted by atomic mass is 10.1. The van der Waals surface area contributed by atoms with Crippen LogP contribution in [0.25, 0.3) is 0 Å². The fourth-order valence-corrected chi connectivity index (χ4v) is 4.09. The molecular formula is C29H57NO. The Hall–Kier alpha value is -0.600. The maximum absolute atomic E-state index is 9.32. The molecule has 0 atom stereocenters. The van der Waals surface area contributed by atoms with Gasteiger partial charge in [0.1, 0.15) is 0 Å². The van der Waals surface area contributed by atoms with E-state index >= 15 is 0 Å². The van der Waals surface area contributed by atoms with E-state index in [2.05, 4.69) is 43.1 Å². The summed E-state index contributed by atoms with van der Waals surface area (Å²) < 4.78 is 0. The molecule has 0 saturated heterocycles. The minimum absolute atomic E-state index is 0.304. The molecule has 0 aromatic heterocycles. The molecule has 0 rings (SSSR count). The second-order valence-electron chi connectivity index (χ2n) is 9.27. The Bertz CT molecular complexity index is 377. The summed E-state index contributed by atoms with van der Waals surface area (Å²) >= 11 is 0. The highest BCUT2D eigenvalue weighted by atomic mass is 16.3. The van der Waals surface area contributed by atoms with Crippen molar-refractivity contribution in [3.63, 3.8) is 0 Å². The van der Waals surface area contributed by atoms with Crippen LogP contribution < -0.4 is 0 Å². The normalized spacial score (nSPS) is 12.1. The zero-order chi connectivity index (χ0) is 22.7. The predicted octanol–water partition coefficient (Wildman–Crippen LogP) is 8.84. The number of nitrogens with zero attached hydrogens (tertiary/aromatic N) is 1. The second kappa shape index (κ2) is 27.4. The first-order valence-corrected chi connectivity index (χ1v) is 14.0. The van der Waals surface area contributed by atoms with Gasteiger partial charge >= 0.3 is 0 Å². The van der Waals surface area contributed by atoms with E-state index in [1.54, 1.807) is 0 Å². The molecule has 0 spiro atoms. The molecule has 1 N–H and O–H groups in total. The third-order valence-electron chi connectivity index (χ3n) is 6.17. The molecule has 0 aliphatic carbocycles. The Labute approximate surface area is 196 Å². The molecule has 31 heavy (non-hydrogen) atoms. The minimum atomic E-state index is 0.304. The first-order valence-electron chi connectivity index (χ1n) is 14.0. The van der Waals surface area contributed by atoms with Crippen LogP contribution in [0.5, 0.6) is 0 Å². The van der Waals surface area contributed by atoms with Crippen molar-refractivity contribution in [3.05, 3.63) is 24.3 Å². The van der Waals surface area contributed by atoms with Gasteiger partial charge in [0, 0.05) is 6.54 Å². The van der Waals surface area contributed by atoms with E-state index in [-0.39, 0.29) is 0 Å². The third kappa shape index (κ3) is 25.5. The van der Waals surface area contributed by atoms with Gasteiger partial charge in [-0.15, -0.1) is 0 Å². The van der Waals surface area contributed by atoms with Crippen molar-refractivity contribution in [3.8, 4) is 0 Å². The van der Waals surface area contributed by atoms with Gasteiger partial charge in [-0.05, 0) is 58.0 Å². The van der Waals surface area contributed by atoms with E-state index in [1.165, 1.54) is 129 Å². The highest BCUT2D eigenvalue weighted by molar-refractivity contribution is 4.92. The SMILES string of the molecule is CCCCC/C=C\C/C=C\CCCCCCCCN(CCO)CCCCCCCCC. The van der Waals surface area contributed by atoms with Gasteiger partial charge in [-0.3, -0.25) is 0 Å². The Morgan fingerprint density at radius 3 is 1.42 bits per heavy atom. The van der Waals surface area contributed by atoms with Gasteiger partial charge in [0.05, 0.1) is 6.61 Å². The monoisotopic (exact) mass is 435 g/mol. The Morgan fingerprint density at radius 2 is 0.903 bits per heavy atom. The Morgan fingerprint density at radius 1 is 0.484 bits per heavy atom. The van der Waals surface area contributed by atoms with Gasteiger partial charge in [-0.25, -0.2) is 0 Å². The number of rotatable bonds is 25. The third-order valence-corrected chi connectivity index (χ3v) is 6.17. The fraction of sp³-hybridized carbons (Fsp3) is 0.862. The number of hydrogen-bond donors (Lipinski definition) is 1. The summed E-state index contributed by atoms with van der Waals surface area (Å²) in [6, 6.07) is 0. The summed E-state index contributed by atoms with van der Waals surface area (Å²) in [7, 11) is 0. The van der Waals surface area contributed by atoms with Gasteiger partial charge < -0.3 is 10.0 Å². The lowest BCUT2D eigenvalue weighted by Gasteiger charge is -2.21. The van der Waals surface area contributed by atoms with Crippen molar-refractivity contribution in [2.45, 2.75) is 136 Å². The predicted molar refractivity (Wildman–Crippen MR) is 141 cm³/mol. The zero-order valence-corrected chi connectivity index (χ0v) is 21.5. The summed E-state index contributed by atoms with van der Waals surface area (Å²) in [5.41, 5.74) is 0. The highest BCUT2D eigenvalue weighted by Gasteiger charge is 2.04. The topological polar surface area (TPSA) is 23.5 Å². The number of unbranched alkanes of at least 4 members (excludes halogenated alkanes) is 15. The number of aliphatic hydroxyl groups is 1. The molecule has 0 heterocycles. The van der Waals surface area contributed by atoms with Gasteiger partial charge in [0.15, 0.2) is 0 Å². The lowest BCUT2D eigenvalue weighted by Crippen LogP contribution is -2.29. The molecule has 0 amide bonds. The summed E-state index contributed by atoms with van der Waals surface area (Å²) in [5, 5.41) is 9.32. The first kappa shape index (κ1) is 30.4. The van der Waals surface area contributed by atoms with Crippen LogP contribution in [0.15, 0.2) is 24.3 Å². The van der Waals surface area contributed by atoms with Crippen molar-refractivity contribution >= 4 is 0 Å². The van der Waals surface area contributed by atoms with Crippen molar-refractivity contribution < 1.29 is 5.11 Å². The number of aliphatic hydroxyl groups excluding tert-OH is 1. The van der Waals surface area contributed by atoms with Crippen LogP contribution in [0.3, 0.4) is 0 Å². The van der Waals surface area contributed by atoms with E-state index in [9.17, 15) is 5.11 Å². The molecule has 0 bridgehead atoms. The van der Waals surface area contributed by atoms with E-state index in [0.717, 1.165) is 13.0 Å². The molecular weight excluding hydrogens is 378 g/mol. The molecule has 0 aliphatic rings. The van der Waals surface area contributed by atoms with Crippen LogP contribution in [0.1, 0.15) is 136 Å². The maximum Gasteiger partial charge on any atom is 0.0558 e. The number of allylic oxidation sites excluding steroid dienone is 4. The average Bonchev–Trinajstić information content (AvgIpc) is 2.78. The van der Waals surface area contributed by atoms with Crippen molar-refractivity contribution in [2.75, 3.05) is 26.2 Å². The molecule has 2 nitrogen and oxygen atoms in total. The largest absolute Gasteiger partial charge is 0.395 e. The molecule has 0 radical (unpaired) electrons. The summed E-state index contributed by atoms with van der Waals surface area (Å²) in [6.07, 6.45) is 34.6. The van der Waals surface area contributed by atoms with Crippen LogP contribution >= 0.6 is 0 Å². The highest BCUT2D eigenvalue weighted by Crippen LogP contribution is 2.10. The van der Waals surface area contributed by atoms with Crippen LogP contribution in [-0.4, -0.2) is 36.2 Å². The van der Waals surface area contributed by atoms with Crippen LogP contribution in [0, 0.1) is 0 Å². The van der Waals surface area contributed by atoms with Crippen LogP contribution in [0.4, 0.5) is 0 Å². The molecule has 0 fully saturated rings. The van der Waals surface area contributed by atoms with Crippen LogP contribution in [0.2, 0.25) is 0 Å². The van der Waals surface area contributed by atoms with Gasteiger partial charge in [0.2, 0.25) is 0 Å². The van der Waals surface area contributed by atoms with Gasteiger partial charge in [-0.1, -0.05) is 115 Å². The zero-order valence-electron chi connectivity index (χ0n) is 21.5. The Kier molecular flexibility index (Phi) is 26.9. The molecule has 0 aromatic rings. The molecule has 184 valence electrons. The van der Waals surface area contributed by atoms with Gasteiger partial charge in [-0.2, -0.15) is 0 Å². The van der Waals surface area contributed by atoms with Crippen molar-refractivity contribution in [1.29, 1.82) is 0 Å². The molecule has 2 heteroatoms. The molecule has 0 saturated carbocycles. The van der Waals surface area contributed by atoms with E-state index < -0.39 is 0 Å². The lowest BCUT2D eigenvalue weighted by molar-refractivity contribution is 0.190. The number of hydrogen-bond acceptors (Lipinski definition) is 2. The maximum atomic E-state index is 9.32. The standard InChI is InChI=1S/C29H57NO/c1-3-5-7-9-11-12-13-14-15-16-17-18-19-21-23-25-27-30(28-29-31)26-24-22-20-10-8-6-4-2/h11-12,14-15,31H,3-10,13,16-29H2,1-2H3/b12-11-,15-14-. The quantitative estimate of drug-likeness (QED) is 0.114. The van der Waals surface area contributed by atoms with Gasteiger partial charge in [0.25, 0.3) is 0 Å². The molecule has 0 unspecified atom stereocenters. The summed E-state index contributed by atoms with van der Waals surface area (Å²) in [4.78, 5) is 2.48. The summed E-state index contributed by atoms with van der Waals surface area (Å²) in [6.45, 7) is 8.05. The van der Waals surface area contributed by atoms with Crippen LogP contribution in [-0.2, 0) is 0 Å². The molecule has 0 aromatic carbocycles. The summed E-state index contributed by atoms with van der Waals surface area (Å²) in [5.74, 6) is 0. The van der Waals surface area contributed by atoms with E-state index in [1.807, 2.05) is 0 Å². The smallest absolute Gasteiger partial charge is 0.0558 e. The van der Waals surface area contributed by atoms with Crippen molar-refractivity contribution in [2.24, 2.45) is 0 Å². The van der Waals surface area contributed by atoms with E-state index in [4.69, 9.17) is 0 Å². The Balaban J connectivity index is 3.46. The van der Waals surface area contributed by atoms with E-state index in [0.29, 0.717) is 6.61 Å². The van der Waals surface area contributed by atoms with Crippen molar-refractivity contribution in [1.82, 2.24) is 4.90 Å². The molecule has 0 aliphatic heterocycles. The fourth-order valence-electron chi connectivity index (χ4n) is 4.09. The minimum Gasteiger partial charge on any atom is -0.395 e. The first-order chi connectivity index (χ1) is 15.3. The average molecular weight is 436 g/mol.